The van der Waals surface area contributed by atoms with E-state index in [1.54, 1.807) is 25.6 Å². The molecule has 15 heteroatoms. The summed E-state index contributed by atoms with van der Waals surface area (Å²) in [7, 11) is 1.71. The largest absolute Gasteiger partial charge is 0.318 e. The van der Waals surface area contributed by atoms with Crippen molar-refractivity contribution in [3.05, 3.63) is 53.0 Å². The molecule has 2 N–H and O–H groups in total. The molecular formula is C20H19F4N9O2. The molecule has 11 nitrogen and oxygen atoms in total. The van der Waals surface area contributed by atoms with Crippen LogP contribution in [-0.2, 0) is 13.6 Å². The molecule has 4 aromatic rings. The SMILES string of the molecule is CCn1ncc(NC(=O)c2cc3nc(C(F)F)cc(C(F)F)n3n2)c1C(=O)Nc1cnn(C)c1C. The number of alkyl halides is 4. The van der Waals surface area contributed by atoms with Crippen LogP contribution < -0.4 is 10.6 Å². The summed E-state index contributed by atoms with van der Waals surface area (Å²) in [6, 6.07) is 1.53. The number of nitrogens with zero attached hydrogens (tertiary/aromatic N) is 7. The van der Waals surface area contributed by atoms with Crippen molar-refractivity contribution in [1.29, 1.82) is 0 Å². The Hall–Kier alpha value is -4.30. The monoisotopic (exact) mass is 493 g/mol. The van der Waals surface area contributed by atoms with Crippen molar-refractivity contribution in [2.45, 2.75) is 33.2 Å². The fraction of sp³-hybridized carbons (Fsp3) is 0.300. The first kappa shape index (κ1) is 23.8. The van der Waals surface area contributed by atoms with Gasteiger partial charge in [-0.05, 0) is 19.9 Å². The molecule has 0 bridgehead atoms. The molecular weight excluding hydrogens is 474 g/mol. The van der Waals surface area contributed by atoms with E-state index in [-0.39, 0.29) is 22.7 Å². The third-order valence-electron chi connectivity index (χ3n) is 5.24. The van der Waals surface area contributed by atoms with E-state index >= 15 is 0 Å². The Bertz CT molecular complexity index is 1420. The Balaban J connectivity index is 1.65. The van der Waals surface area contributed by atoms with Gasteiger partial charge in [0, 0.05) is 19.7 Å². The topological polar surface area (TPSA) is 124 Å². The number of aryl methyl sites for hydroxylation is 2. The summed E-state index contributed by atoms with van der Waals surface area (Å²) < 4.78 is 56.5. The number of carbonyl (C=O) groups excluding carboxylic acids is 2. The Kier molecular flexibility index (Phi) is 6.24. The fourth-order valence-corrected chi connectivity index (χ4v) is 3.34. The van der Waals surface area contributed by atoms with Gasteiger partial charge in [-0.3, -0.25) is 19.0 Å². The molecule has 0 aliphatic rings. The summed E-state index contributed by atoms with van der Waals surface area (Å²) in [5, 5.41) is 17.1. The average molecular weight is 493 g/mol. The van der Waals surface area contributed by atoms with Gasteiger partial charge in [0.15, 0.2) is 11.3 Å². The number of aromatic nitrogens is 7. The highest BCUT2D eigenvalue weighted by Gasteiger charge is 2.25. The highest BCUT2D eigenvalue weighted by Crippen LogP contribution is 2.26. The second-order valence-corrected chi connectivity index (χ2v) is 7.40. The minimum atomic E-state index is -3.14. The third-order valence-corrected chi connectivity index (χ3v) is 5.24. The van der Waals surface area contributed by atoms with Crippen molar-refractivity contribution >= 4 is 28.8 Å². The van der Waals surface area contributed by atoms with E-state index in [0.717, 1.165) is 6.07 Å². The average Bonchev–Trinajstić information content (AvgIpc) is 3.51. The van der Waals surface area contributed by atoms with Gasteiger partial charge in [-0.2, -0.15) is 15.3 Å². The van der Waals surface area contributed by atoms with Gasteiger partial charge in [0.05, 0.1) is 29.5 Å². The lowest BCUT2D eigenvalue weighted by molar-refractivity contribution is 0.101. The molecule has 0 aromatic carbocycles. The maximum atomic E-state index is 13.4. The molecule has 4 aromatic heterocycles. The van der Waals surface area contributed by atoms with Gasteiger partial charge < -0.3 is 10.6 Å². The second-order valence-electron chi connectivity index (χ2n) is 7.40. The van der Waals surface area contributed by atoms with E-state index in [9.17, 15) is 27.2 Å². The normalized spacial score (nSPS) is 11.6. The van der Waals surface area contributed by atoms with Crippen LogP contribution in [0.4, 0.5) is 28.9 Å². The number of halogens is 4. The van der Waals surface area contributed by atoms with Crippen LogP contribution in [-0.4, -0.2) is 46.0 Å². The molecule has 2 amide bonds. The lowest BCUT2D eigenvalue weighted by Crippen LogP contribution is -2.21. The number of carbonyl (C=O) groups is 2. The summed E-state index contributed by atoms with van der Waals surface area (Å²) in [5.41, 5.74) is -1.21. The van der Waals surface area contributed by atoms with Gasteiger partial charge >= 0.3 is 0 Å². The third kappa shape index (κ3) is 4.43. The predicted octanol–water partition coefficient (Wildman–Crippen LogP) is 3.37. The maximum Gasteiger partial charge on any atom is 0.280 e. The quantitative estimate of drug-likeness (QED) is 0.381. The second kappa shape index (κ2) is 9.15. The predicted molar refractivity (Wildman–Crippen MR) is 115 cm³/mol. The number of hydrogen-bond donors (Lipinski definition) is 2. The summed E-state index contributed by atoms with van der Waals surface area (Å²) in [6.07, 6.45) is -3.51. The molecule has 0 spiro atoms. The molecule has 0 unspecified atom stereocenters. The van der Waals surface area contributed by atoms with Crippen LogP contribution in [0.2, 0.25) is 0 Å². The zero-order valence-electron chi connectivity index (χ0n) is 18.6. The summed E-state index contributed by atoms with van der Waals surface area (Å²) in [5.74, 6) is -1.45. The van der Waals surface area contributed by atoms with E-state index in [2.05, 4.69) is 30.9 Å². The molecule has 0 saturated heterocycles. The minimum Gasteiger partial charge on any atom is -0.318 e. The van der Waals surface area contributed by atoms with Crippen LogP contribution in [0, 0.1) is 6.92 Å². The molecule has 0 fully saturated rings. The van der Waals surface area contributed by atoms with Crippen molar-refractivity contribution in [3.8, 4) is 0 Å². The molecule has 4 heterocycles. The Morgan fingerprint density at radius 1 is 1.00 bits per heavy atom. The van der Waals surface area contributed by atoms with Crippen molar-refractivity contribution in [2.24, 2.45) is 7.05 Å². The van der Waals surface area contributed by atoms with E-state index in [1.165, 1.54) is 17.1 Å². The standard InChI is InChI=1S/C20H19F4N9O2/c1-4-32-16(20(35)28-12-7-25-31(3)9(12)2)13(8-26-32)29-19(34)11-6-15-27-10(17(21)22)5-14(18(23)24)33(15)30-11/h5-8,17-18H,4H2,1-3H3,(H,28,35)(H,29,34). The van der Waals surface area contributed by atoms with Crippen LogP contribution >= 0.6 is 0 Å². The molecule has 0 atom stereocenters. The first-order valence-corrected chi connectivity index (χ1v) is 10.2. The molecule has 4 rings (SSSR count). The van der Waals surface area contributed by atoms with Gasteiger partial charge in [0.25, 0.3) is 24.7 Å². The number of amides is 2. The van der Waals surface area contributed by atoms with Gasteiger partial charge in [-0.25, -0.2) is 27.1 Å². The van der Waals surface area contributed by atoms with Crippen molar-refractivity contribution in [1.82, 2.24) is 34.2 Å². The molecule has 0 aliphatic carbocycles. The fourth-order valence-electron chi connectivity index (χ4n) is 3.34. The highest BCUT2D eigenvalue weighted by atomic mass is 19.3. The first-order chi connectivity index (χ1) is 16.6. The van der Waals surface area contributed by atoms with Crippen LogP contribution in [0.1, 0.15) is 57.8 Å². The zero-order chi connectivity index (χ0) is 25.4. The first-order valence-electron chi connectivity index (χ1n) is 10.2. The number of anilines is 2. The van der Waals surface area contributed by atoms with Gasteiger partial charge in [-0.15, -0.1) is 0 Å². The van der Waals surface area contributed by atoms with Crippen LogP contribution in [0.15, 0.2) is 24.5 Å². The number of nitrogens with one attached hydrogen (secondary N) is 2. The summed E-state index contributed by atoms with van der Waals surface area (Å²) in [6.45, 7) is 3.80. The van der Waals surface area contributed by atoms with Crippen molar-refractivity contribution in [2.75, 3.05) is 10.6 Å². The van der Waals surface area contributed by atoms with Crippen molar-refractivity contribution < 1.29 is 27.2 Å². The zero-order valence-corrected chi connectivity index (χ0v) is 18.6. The van der Waals surface area contributed by atoms with Crippen LogP contribution in [0.25, 0.3) is 5.65 Å². The maximum absolute atomic E-state index is 13.4. The van der Waals surface area contributed by atoms with E-state index in [0.29, 0.717) is 28.5 Å². The van der Waals surface area contributed by atoms with E-state index in [4.69, 9.17) is 0 Å². The smallest absolute Gasteiger partial charge is 0.280 e. The van der Waals surface area contributed by atoms with Gasteiger partial charge in [-0.1, -0.05) is 0 Å². The molecule has 0 aliphatic heterocycles. The molecule has 184 valence electrons. The molecule has 35 heavy (non-hydrogen) atoms. The summed E-state index contributed by atoms with van der Waals surface area (Å²) >= 11 is 0. The minimum absolute atomic E-state index is 0.0271. The number of rotatable bonds is 7. The van der Waals surface area contributed by atoms with Crippen molar-refractivity contribution in [3.63, 3.8) is 0 Å². The molecule has 0 radical (unpaired) electrons. The molecule has 0 saturated carbocycles. The number of fused-ring (bicyclic) bond motifs is 1. The van der Waals surface area contributed by atoms with Gasteiger partial charge in [0.2, 0.25) is 0 Å². The Labute approximate surface area is 194 Å². The van der Waals surface area contributed by atoms with Crippen LogP contribution in [0.3, 0.4) is 0 Å². The van der Waals surface area contributed by atoms with E-state index in [1.807, 2.05) is 0 Å². The van der Waals surface area contributed by atoms with Crippen LogP contribution in [0.5, 0.6) is 0 Å². The summed E-state index contributed by atoms with van der Waals surface area (Å²) in [4.78, 5) is 29.4. The number of hydrogen-bond acceptors (Lipinski definition) is 6. The highest BCUT2D eigenvalue weighted by molar-refractivity contribution is 6.11. The van der Waals surface area contributed by atoms with Gasteiger partial charge in [0.1, 0.15) is 17.1 Å². The van der Waals surface area contributed by atoms with E-state index < -0.39 is 36.1 Å². The lowest BCUT2D eigenvalue weighted by atomic mass is 10.3. The Morgan fingerprint density at radius 3 is 2.29 bits per heavy atom. The Morgan fingerprint density at radius 2 is 1.69 bits per heavy atom. The lowest BCUT2D eigenvalue weighted by Gasteiger charge is -2.09.